The van der Waals surface area contributed by atoms with Gasteiger partial charge in [-0.25, -0.2) is 0 Å². The number of fused-ring (bicyclic) bond motifs is 3. The third kappa shape index (κ3) is 2.58. The molecule has 28 heavy (non-hydrogen) atoms. The minimum atomic E-state index is -0.556. The molecule has 7 heteroatoms. The van der Waals surface area contributed by atoms with Gasteiger partial charge in [-0.3, -0.25) is 9.59 Å². The Kier molecular flexibility index (Phi) is 4.03. The van der Waals surface area contributed by atoms with Crippen LogP contribution in [-0.4, -0.2) is 34.8 Å². The number of halogens is 2. The highest BCUT2D eigenvalue weighted by molar-refractivity contribution is 9.10. The molecule has 1 fully saturated rings. The van der Waals surface area contributed by atoms with Gasteiger partial charge in [0.25, 0.3) is 5.91 Å². The predicted molar refractivity (Wildman–Crippen MR) is 113 cm³/mol. The van der Waals surface area contributed by atoms with E-state index >= 15 is 0 Å². The summed E-state index contributed by atoms with van der Waals surface area (Å²) in [4.78, 5) is 30.8. The maximum absolute atomic E-state index is 13.0. The summed E-state index contributed by atoms with van der Waals surface area (Å²) in [5.74, 6) is -0.0277. The zero-order valence-electron chi connectivity index (χ0n) is 14.9. The summed E-state index contributed by atoms with van der Waals surface area (Å²) in [6.07, 6.45) is 1.21. The van der Waals surface area contributed by atoms with Crippen molar-refractivity contribution < 1.29 is 9.59 Å². The fourth-order valence-corrected chi connectivity index (χ4v) is 4.97. The van der Waals surface area contributed by atoms with Gasteiger partial charge in [-0.2, -0.15) is 0 Å². The van der Waals surface area contributed by atoms with Crippen LogP contribution in [0.5, 0.6) is 0 Å². The van der Waals surface area contributed by atoms with E-state index in [-0.39, 0.29) is 11.8 Å². The highest BCUT2D eigenvalue weighted by atomic mass is 79.9. The Bertz CT molecular complexity index is 1130. The molecular formula is C21H17BrClN3O2. The molecule has 0 unspecified atom stereocenters. The van der Waals surface area contributed by atoms with Crippen LogP contribution in [0.2, 0.25) is 5.02 Å². The van der Waals surface area contributed by atoms with Crippen molar-refractivity contribution >= 4 is 55.9 Å². The number of benzene rings is 2. The van der Waals surface area contributed by atoms with Crippen molar-refractivity contribution in [3.05, 3.63) is 63.2 Å². The summed E-state index contributed by atoms with van der Waals surface area (Å²) in [5.41, 5.74) is 2.71. The van der Waals surface area contributed by atoms with E-state index in [4.69, 9.17) is 11.6 Å². The number of aromatic nitrogens is 1. The lowest BCUT2D eigenvalue weighted by Gasteiger charge is -2.37. The largest absolute Gasteiger partial charge is 0.350 e. The number of likely N-dealkylation sites (tertiary alicyclic amines) is 1. The molecule has 2 aromatic carbocycles. The molecule has 0 radical (unpaired) electrons. The van der Waals surface area contributed by atoms with Crippen LogP contribution >= 0.6 is 27.5 Å². The Morgan fingerprint density at radius 1 is 1.14 bits per heavy atom. The van der Waals surface area contributed by atoms with Crippen molar-refractivity contribution in [2.45, 2.75) is 18.3 Å². The van der Waals surface area contributed by atoms with Gasteiger partial charge in [0.1, 0.15) is 5.69 Å². The molecule has 2 aliphatic heterocycles. The van der Waals surface area contributed by atoms with E-state index in [1.165, 1.54) is 0 Å². The van der Waals surface area contributed by atoms with Gasteiger partial charge in [-0.15, -0.1) is 0 Å². The highest BCUT2D eigenvalue weighted by Gasteiger charge is 2.49. The van der Waals surface area contributed by atoms with Crippen molar-refractivity contribution in [1.29, 1.82) is 0 Å². The van der Waals surface area contributed by atoms with Crippen LogP contribution in [0.3, 0.4) is 0 Å². The van der Waals surface area contributed by atoms with Crippen molar-refractivity contribution in [2.24, 2.45) is 0 Å². The van der Waals surface area contributed by atoms with Crippen LogP contribution in [0.25, 0.3) is 10.9 Å². The van der Waals surface area contributed by atoms with E-state index in [0.717, 1.165) is 26.6 Å². The summed E-state index contributed by atoms with van der Waals surface area (Å²) in [7, 11) is 0. The first-order valence-corrected chi connectivity index (χ1v) is 10.3. The van der Waals surface area contributed by atoms with E-state index in [1.54, 1.807) is 6.07 Å². The molecule has 2 aliphatic rings. The Morgan fingerprint density at radius 3 is 2.68 bits per heavy atom. The van der Waals surface area contributed by atoms with Crippen molar-refractivity contribution in [3.63, 3.8) is 0 Å². The van der Waals surface area contributed by atoms with Gasteiger partial charge in [0.05, 0.1) is 5.41 Å². The van der Waals surface area contributed by atoms with E-state index < -0.39 is 5.41 Å². The molecule has 3 heterocycles. The second-order valence-electron chi connectivity index (χ2n) is 7.40. The van der Waals surface area contributed by atoms with Crippen LogP contribution in [0.15, 0.2) is 46.9 Å². The quantitative estimate of drug-likeness (QED) is 0.555. The number of carbonyl (C=O) groups excluding carboxylic acids is 2. The molecule has 1 saturated heterocycles. The van der Waals surface area contributed by atoms with E-state index in [0.29, 0.717) is 36.6 Å². The summed E-state index contributed by atoms with van der Waals surface area (Å²) < 4.78 is 0.954. The van der Waals surface area contributed by atoms with E-state index in [9.17, 15) is 9.59 Å². The van der Waals surface area contributed by atoms with Gasteiger partial charge in [0.15, 0.2) is 0 Å². The Hall–Kier alpha value is -2.31. The van der Waals surface area contributed by atoms with Crippen LogP contribution < -0.4 is 5.32 Å². The summed E-state index contributed by atoms with van der Waals surface area (Å²) >= 11 is 9.73. The van der Waals surface area contributed by atoms with Gasteiger partial charge in [0, 0.05) is 39.2 Å². The van der Waals surface area contributed by atoms with Crippen LogP contribution in [0, 0.1) is 0 Å². The number of nitrogens with one attached hydrogen (secondary N) is 2. The van der Waals surface area contributed by atoms with Gasteiger partial charge in [0.2, 0.25) is 5.91 Å². The molecule has 5 nitrogen and oxygen atoms in total. The molecule has 0 aliphatic carbocycles. The SMILES string of the molecule is O=C(c1cc2c(Cl)cccc2[nH]1)N1CCC2(CC1)C(=O)Nc1ccc(Br)cc12. The standard InChI is InChI=1S/C21H17BrClN3O2/c22-12-4-5-17-14(10-12)21(20(28)25-17)6-8-26(9-7-21)19(27)18-11-13-15(23)2-1-3-16(13)24-18/h1-5,10-11,24H,6-9H2,(H,25,28). The molecule has 142 valence electrons. The molecule has 0 saturated carbocycles. The van der Waals surface area contributed by atoms with Gasteiger partial charge >= 0.3 is 0 Å². The maximum Gasteiger partial charge on any atom is 0.270 e. The minimum Gasteiger partial charge on any atom is -0.350 e. The highest BCUT2D eigenvalue weighted by Crippen LogP contribution is 2.46. The third-order valence-electron chi connectivity index (χ3n) is 5.93. The number of amides is 2. The number of carbonyl (C=O) groups is 2. The topological polar surface area (TPSA) is 65.2 Å². The number of H-pyrrole nitrogens is 1. The Labute approximate surface area is 175 Å². The fraction of sp³-hybridized carbons (Fsp3) is 0.238. The first-order chi connectivity index (χ1) is 13.5. The Balaban J connectivity index is 1.40. The molecule has 0 atom stereocenters. The molecule has 2 amide bonds. The fourth-order valence-electron chi connectivity index (χ4n) is 4.38. The molecule has 2 N–H and O–H groups in total. The van der Waals surface area contributed by atoms with Crippen molar-refractivity contribution in [1.82, 2.24) is 9.88 Å². The number of nitrogens with zero attached hydrogens (tertiary/aromatic N) is 1. The molecular weight excluding hydrogens is 442 g/mol. The lowest BCUT2D eigenvalue weighted by Crippen LogP contribution is -2.48. The monoisotopic (exact) mass is 457 g/mol. The number of hydrogen-bond acceptors (Lipinski definition) is 2. The number of hydrogen-bond donors (Lipinski definition) is 2. The predicted octanol–water partition coefficient (Wildman–Crippen LogP) is 4.71. The van der Waals surface area contributed by atoms with Crippen LogP contribution in [0.1, 0.15) is 28.9 Å². The first kappa shape index (κ1) is 17.8. The third-order valence-corrected chi connectivity index (χ3v) is 6.75. The second kappa shape index (κ2) is 6.36. The molecule has 0 bridgehead atoms. The van der Waals surface area contributed by atoms with Crippen LogP contribution in [0.4, 0.5) is 5.69 Å². The second-order valence-corrected chi connectivity index (χ2v) is 8.73. The summed E-state index contributed by atoms with van der Waals surface area (Å²) in [6, 6.07) is 13.2. The lowest BCUT2D eigenvalue weighted by atomic mass is 9.73. The molecule has 1 aromatic heterocycles. The van der Waals surface area contributed by atoms with Gasteiger partial charge < -0.3 is 15.2 Å². The number of anilines is 1. The average molecular weight is 459 g/mol. The normalized spacial score (nSPS) is 17.8. The van der Waals surface area contributed by atoms with Gasteiger partial charge in [-0.05, 0) is 54.8 Å². The first-order valence-electron chi connectivity index (χ1n) is 9.16. The summed E-state index contributed by atoms with van der Waals surface area (Å²) in [6.45, 7) is 1.06. The van der Waals surface area contributed by atoms with Gasteiger partial charge in [-0.1, -0.05) is 33.6 Å². The maximum atomic E-state index is 13.0. The number of piperidine rings is 1. The smallest absolute Gasteiger partial charge is 0.270 e. The zero-order chi connectivity index (χ0) is 19.5. The van der Waals surface area contributed by atoms with Crippen LogP contribution in [-0.2, 0) is 10.2 Å². The van der Waals surface area contributed by atoms with Crippen molar-refractivity contribution in [2.75, 3.05) is 18.4 Å². The summed E-state index contributed by atoms with van der Waals surface area (Å²) in [5, 5.41) is 4.46. The molecule has 3 aromatic rings. The number of aromatic amines is 1. The van der Waals surface area contributed by atoms with E-state index in [1.807, 2.05) is 41.3 Å². The lowest BCUT2D eigenvalue weighted by molar-refractivity contribution is -0.122. The average Bonchev–Trinajstić information content (AvgIpc) is 3.24. The number of rotatable bonds is 1. The van der Waals surface area contributed by atoms with E-state index in [2.05, 4.69) is 26.2 Å². The molecule has 5 rings (SSSR count). The minimum absolute atomic E-state index is 0.0325. The zero-order valence-corrected chi connectivity index (χ0v) is 17.2. The Morgan fingerprint density at radius 2 is 1.93 bits per heavy atom. The molecule has 1 spiro atoms. The van der Waals surface area contributed by atoms with Crippen molar-refractivity contribution in [3.8, 4) is 0 Å².